The molecule has 3 rings (SSSR count). The van der Waals surface area contributed by atoms with Crippen molar-refractivity contribution in [3.8, 4) is 0 Å². The highest BCUT2D eigenvalue weighted by atomic mass is 16.7. The molecule has 1 aromatic heterocycles. The second-order valence-electron chi connectivity index (χ2n) is 7.53. The van der Waals surface area contributed by atoms with Gasteiger partial charge in [0.1, 0.15) is 0 Å². The smallest absolute Gasteiger partial charge is 0.399 e. The molecule has 22 heavy (non-hydrogen) atoms. The topological polar surface area (TPSA) is 43.4 Å². The van der Waals surface area contributed by atoms with Crippen molar-refractivity contribution in [3.05, 3.63) is 18.5 Å². The lowest BCUT2D eigenvalue weighted by Crippen LogP contribution is -2.41. The van der Waals surface area contributed by atoms with Crippen molar-refractivity contribution in [1.82, 2.24) is 4.98 Å². The predicted molar refractivity (Wildman–Crippen MR) is 90.4 cm³/mol. The van der Waals surface area contributed by atoms with Crippen LogP contribution in [0.15, 0.2) is 18.5 Å². The van der Waals surface area contributed by atoms with Gasteiger partial charge in [-0.15, -0.1) is 0 Å². The molecule has 0 spiro atoms. The molecule has 0 unspecified atom stereocenters. The maximum absolute atomic E-state index is 6.18. The summed E-state index contributed by atoms with van der Waals surface area (Å²) in [6.07, 6.45) is 10.2. The maximum Gasteiger partial charge on any atom is 0.498 e. The first-order valence-corrected chi connectivity index (χ1v) is 8.45. The van der Waals surface area contributed by atoms with Crippen LogP contribution in [0.3, 0.4) is 0 Å². The molecule has 120 valence electrons. The van der Waals surface area contributed by atoms with E-state index >= 15 is 0 Å². The molecule has 2 fully saturated rings. The Balaban J connectivity index is 1.80. The minimum atomic E-state index is -0.357. The van der Waals surface area contributed by atoms with Gasteiger partial charge in [0.15, 0.2) is 0 Å². The molecule has 1 saturated carbocycles. The molecular weight excluding hydrogens is 275 g/mol. The molecule has 0 amide bonds. The van der Waals surface area contributed by atoms with Crippen molar-refractivity contribution in [1.29, 1.82) is 0 Å². The summed E-state index contributed by atoms with van der Waals surface area (Å²) in [5.41, 5.74) is 1.46. The summed E-state index contributed by atoms with van der Waals surface area (Å²) in [6.45, 7) is 8.32. The van der Waals surface area contributed by atoms with E-state index in [-0.39, 0.29) is 18.3 Å². The molecule has 2 aliphatic rings. The van der Waals surface area contributed by atoms with Crippen molar-refractivity contribution in [2.75, 3.05) is 5.32 Å². The predicted octanol–water partition coefficient (Wildman–Crippen LogP) is 3.13. The lowest BCUT2D eigenvalue weighted by molar-refractivity contribution is 0.00578. The van der Waals surface area contributed by atoms with E-state index in [0.717, 1.165) is 11.2 Å². The van der Waals surface area contributed by atoms with Crippen molar-refractivity contribution in [2.24, 2.45) is 0 Å². The number of nitrogens with zero attached hydrogens (tertiary/aromatic N) is 1. The first-order valence-electron chi connectivity index (χ1n) is 8.45. The van der Waals surface area contributed by atoms with Gasteiger partial charge in [-0.1, -0.05) is 19.3 Å². The maximum atomic E-state index is 6.18. The fraction of sp³-hybridized carbons (Fsp3) is 0.706. The molecule has 0 bridgehead atoms. The Bertz CT molecular complexity index is 511. The fourth-order valence-electron chi connectivity index (χ4n) is 3.16. The quantitative estimate of drug-likeness (QED) is 0.871. The van der Waals surface area contributed by atoms with Crippen LogP contribution in [0.1, 0.15) is 59.8 Å². The number of rotatable bonds is 3. The highest BCUT2D eigenvalue weighted by molar-refractivity contribution is 6.63. The number of anilines is 1. The number of pyridine rings is 1. The van der Waals surface area contributed by atoms with Crippen LogP contribution in [-0.2, 0) is 9.31 Å². The number of hydrogen-bond acceptors (Lipinski definition) is 4. The number of aromatic nitrogens is 1. The van der Waals surface area contributed by atoms with Crippen molar-refractivity contribution < 1.29 is 9.31 Å². The van der Waals surface area contributed by atoms with Crippen LogP contribution in [0.2, 0.25) is 0 Å². The Morgan fingerprint density at radius 2 is 1.73 bits per heavy atom. The van der Waals surface area contributed by atoms with Gasteiger partial charge >= 0.3 is 7.12 Å². The van der Waals surface area contributed by atoms with Crippen molar-refractivity contribution in [2.45, 2.75) is 77.0 Å². The van der Waals surface area contributed by atoms with E-state index in [4.69, 9.17) is 9.31 Å². The Hall–Kier alpha value is -1.07. The molecule has 1 N–H and O–H groups in total. The summed E-state index contributed by atoms with van der Waals surface area (Å²) in [4.78, 5) is 4.28. The van der Waals surface area contributed by atoms with Crippen LogP contribution in [0.4, 0.5) is 5.69 Å². The molecule has 1 aliphatic carbocycles. The second kappa shape index (κ2) is 5.86. The standard InChI is InChI=1S/C17H27BN2O2/c1-16(2)17(3,4)22-18(21-16)14-12-19-11-10-15(14)20-13-8-6-5-7-9-13/h10-13H,5-9H2,1-4H3,(H,19,20). The van der Waals surface area contributed by atoms with E-state index in [2.05, 4.69) is 38.0 Å². The average molecular weight is 302 g/mol. The molecule has 1 aromatic rings. The van der Waals surface area contributed by atoms with Crippen LogP contribution in [-0.4, -0.2) is 29.3 Å². The fourth-order valence-corrected chi connectivity index (χ4v) is 3.16. The normalized spacial score (nSPS) is 24.5. The summed E-state index contributed by atoms with van der Waals surface area (Å²) in [6, 6.07) is 2.59. The highest BCUT2D eigenvalue weighted by Crippen LogP contribution is 2.37. The zero-order valence-electron chi connectivity index (χ0n) is 14.2. The zero-order chi connectivity index (χ0) is 15.8. The van der Waals surface area contributed by atoms with Crippen molar-refractivity contribution in [3.63, 3.8) is 0 Å². The third kappa shape index (κ3) is 3.02. The van der Waals surface area contributed by atoms with Crippen molar-refractivity contribution >= 4 is 18.3 Å². The van der Waals surface area contributed by atoms with Gasteiger partial charge in [-0.2, -0.15) is 0 Å². The lowest BCUT2D eigenvalue weighted by Gasteiger charge is -2.32. The Morgan fingerprint density at radius 3 is 2.36 bits per heavy atom. The summed E-state index contributed by atoms with van der Waals surface area (Å²) in [5, 5.41) is 3.68. The minimum Gasteiger partial charge on any atom is -0.399 e. The average Bonchev–Trinajstić information content (AvgIpc) is 2.69. The van der Waals surface area contributed by atoms with Gasteiger partial charge in [-0.25, -0.2) is 0 Å². The number of nitrogens with one attached hydrogen (secondary N) is 1. The molecule has 5 heteroatoms. The van der Waals surface area contributed by atoms with Gasteiger partial charge in [0, 0.05) is 29.6 Å². The SMILES string of the molecule is CC1(C)OB(c2cnccc2NC2CCCCC2)OC1(C)C. The summed E-state index contributed by atoms with van der Waals surface area (Å²) < 4.78 is 12.4. The molecule has 0 aromatic carbocycles. The van der Waals surface area contributed by atoms with Gasteiger partial charge < -0.3 is 14.6 Å². The largest absolute Gasteiger partial charge is 0.498 e. The van der Waals surface area contributed by atoms with E-state index in [0.29, 0.717) is 6.04 Å². The number of hydrogen-bond donors (Lipinski definition) is 1. The van der Waals surface area contributed by atoms with Gasteiger partial charge in [-0.3, -0.25) is 4.98 Å². The van der Waals surface area contributed by atoms with E-state index in [9.17, 15) is 0 Å². The van der Waals surface area contributed by atoms with Gasteiger partial charge in [-0.05, 0) is 46.6 Å². The van der Waals surface area contributed by atoms with Crippen LogP contribution in [0, 0.1) is 0 Å². The molecule has 0 radical (unpaired) electrons. The van der Waals surface area contributed by atoms with E-state index in [1.165, 1.54) is 32.1 Å². The van der Waals surface area contributed by atoms with Gasteiger partial charge in [0.25, 0.3) is 0 Å². The molecule has 0 atom stereocenters. The van der Waals surface area contributed by atoms with E-state index < -0.39 is 0 Å². The molecule has 2 heterocycles. The molecular formula is C17H27BN2O2. The highest BCUT2D eigenvalue weighted by Gasteiger charge is 2.52. The first-order chi connectivity index (χ1) is 10.4. The first kappa shape index (κ1) is 15.8. The van der Waals surface area contributed by atoms with Gasteiger partial charge in [0.2, 0.25) is 0 Å². The monoisotopic (exact) mass is 302 g/mol. The third-order valence-electron chi connectivity index (χ3n) is 5.32. The molecule has 1 aliphatic heterocycles. The Morgan fingerprint density at radius 1 is 1.09 bits per heavy atom. The molecule has 4 nitrogen and oxygen atoms in total. The summed E-state index contributed by atoms with van der Waals surface area (Å²) in [7, 11) is -0.357. The molecule has 1 saturated heterocycles. The lowest BCUT2D eigenvalue weighted by atomic mass is 9.78. The van der Waals surface area contributed by atoms with E-state index in [1.54, 1.807) is 0 Å². The van der Waals surface area contributed by atoms with Crippen LogP contribution in [0.25, 0.3) is 0 Å². The summed E-state index contributed by atoms with van der Waals surface area (Å²) >= 11 is 0. The van der Waals surface area contributed by atoms with E-state index in [1.807, 2.05) is 18.5 Å². The van der Waals surface area contributed by atoms with Crippen LogP contribution >= 0.6 is 0 Å². The van der Waals surface area contributed by atoms with Crippen LogP contribution in [0.5, 0.6) is 0 Å². The van der Waals surface area contributed by atoms with Crippen LogP contribution < -0.4 is 10.8 Å². The summed E-state index contributed by atoms with van der Waals surface area (Å²) in [5.74, 6) is 0. The Kier molecular flexibility index (Phi) is 4.21. The zero-order valence-corrected chi connectivity index (χ0v) is 14.2. The second-order valence-corrected chi connectivity index (χ2v) is 7.53. The van der Waals surface area contributed by atoms with Gasteiger partial charge in [0.05, 0.1) is 11.2 Å². The third-order valence-corrected chi connectivity index (χ3v) is 5.32. The Labute approximate surface area is 134 Å². The minimum absolute atomic E-state index is 0.324.